The first kappa shape index (κ1) is 24.4. The van der Waals surface area contributed by atoms with Crippen LogP contribution in [0.4, 0.5) is 5.69 Å². The third-order valence-corrected chi connectivity index (χ3v) is 5.28. The van der Waals surface area contributed by atoms with Crippen LogP contribution in [0, 0.1) is 6.92 Å². The van der Waals surface area contributed by atoms with Crippen molar-refractivity contribution in [1.82, 2.24) is 0 Å². The molecule has 0 saturated heterocycles. The van der Waals surface area contributed by atoms with E-state index in [-0.39, 0.29) is 24.2 Å². The minimum absolute atomic E-state index is 0.000608. The largest absolute Gasteiger partial charge is 0.550 e. The fraction of sp³-hybridized carbons (Fsp3) is 0.667. The topological polar surface area (TPSA) is 73.8 Å². The summed E-state index contributed by atoms with van der Waals surface area (Å²) in [6, 6.07) is 5.77. The Morgan fingerprint density at radius 1 is 0.964 bits per heavy atom. The SMILES string of the molecule is CCCCCCCCCCC(C)(C)[NH2+]c1cc(C)ccc1C(=O)CCC(=O)[O-]. The highest BCUT2D eigenvalue weighted by Crippen LogP contribution is 2.19. The summed E-state index contributed by atoms with van der Waals surface area (Å²) in [5.41, 5.74) is 2.65. The number of Topliss-reactive ketones (excluding diaryl/α,β-unsaturated/α-hetero) is 1. The van der Waals surface area contributed by atoms with Gasteiger partial charge in [-0.25, -0.2) is 0 Å². The zero-order chi connectivity index (χ0) is 21.0. The molecule has 0 aliphatic heterocycles. The number of unbranched alkanes of at least 4 members (excludes halogenated alkanes) is 7. The molecule has 0 bridgehead atoms. The first-order chi connectivity index (χ1) is 13.2. The molecule has 2 N–H and O–H groups in total. The lowest BCUT2D eigenvalue weighted by molar-refractivity contribution is -0.647. The second kappa shape index (κ2) is 12.7. The van der Waals surface area contributed by atoms with Gasteiger partial charge in [0.15, 0.2) is 5.78 Å². The van der Waals surface area contributed by atoms with E-state index >= 15 is 0 Å². The number of hydrogen-bond donors (Lipinski definition) is 1. The molecule has 1 rings (SSSR count). The Balaban J connectivity index is 2.56. The van der Waals surface area contributed by atoms with E-state index in [2.05, 4.69) is 26.1 Å². The van der Waals surface area contributed by atoms with E-state index in [0.29, 0.717) is 5.56 Å². The Labute approximate surface area is 171 Å². The Morgan fingerprint density at radius 3 is 2.18 bits per heavy atom. The Morgan fingerprint density at radius 2 is 1.57 bits per heavy atom. The van der Waals surface area contributed by atoms with Crippen LogP contribution in [0.25, 0.3) is 0 Å². The number of carboxylic acids is 1. The highest BCUT2D eigenvalue weighted by atomic mass is 16.4. The number of quaternary nitrogens is 1. The van der Waals surface area contributed by atoms with Gasteiger partial charge in [-0.1, -0.05) is 57.9 Å². The summed E-state index contributed by atoms with van der Waals surface area (Å²) in [5.74, 6) is -1.31. The van der Waals surface area contributed by atoms with Crippen molar-refractivity contribution in [3.05, 3.63) is 29.3 Å². The quantitative estimate of drug-likeness (QED) is 0.277. The minimum Gasteiger partial charge on any atom is -0.550 e. The lowest BCUT2D eigenvalue weighted by Gasteiger charge is -2.24. The Bertz CT molecular complexity index is 622. The number of hydrogen-bond acceptors (Lipinski definition) is 3. The van der Waals surface area contributed by atoms with Crippen molar-refractivity contribution in [2.45, 2.75) is 104 Å². The third-order valence-electron chi connectivity index (χ3n) is 5.28. The highest BCUT2D eigenvalue weighted by molar-refractivity contribution is 6.00. The maximum atomic E-state index is 12.5. The molecule has 4 nitrogen and oxygen atoms in total. The minimum atomic E-state index is -1.18. The van der Waals surface area contributed by atoms with Gasteiger partial charge in [-0.2, -0.15) is 0 Å². The monoisotopic (exact) mass is 389 g/mol. The van der Waals surface area contributed by atoms with Gasteiger partial charge in [0, 0.05) is 24.9 Å². The summed E-state index contributed by atoms with van der Waals surface area (Å²) in [7, 11) is 0. The van der Waals surface area contributed by atoms with Crippen LogP contribution in [0.15, 0.2) is 18.2 Å². The van der Waals surface area contributed by atoms with Crippen LogP contribution in [0.2, 0.25) is 0 Å². The Kier molecular flexibility index (Phi) is 11.1. The molecule has 0 saturated carbocycles. The van der Waals surface area contributed by atoms with E-state index in [1.807, 2.05) is 25.1 Å². The van der Waals surface area contributed by atoms with E-state index in [9.17, 15) is 14.7 Å². The molecule has 158 valence electrons. The van der Waals surface area contributed by atoms with Gasteiger partial charge in [-0.15, -0.1) is 0 Å². The number of aliphatic carboxylic acids is 1. The van der Waals surface area contributed by atoms with Crippen LogP contribution < -0.4 is 10.4 Å². The van der Waals surface area contributed by atoms with Gasteiger partial charge < -0.3 is 15.2 Å². The van der Waals surface area contributed by atoms with Crippen LogP contribution in [0.3, 0.4) is 0 Å². The van der Waals surface area contributed by atoms with Crippen molar-refractivity contribution in [3.8, 4) is 0 Å². The second-order valence-electron chi connectivity index (χ2n) is 8.74. The van der Waals surface area contributed by atoms with Crippen molar-refractivity contribution in [2.75, 3.05) is 0 Å². The van der Waals surface area contributed by atoms with E-state index in [1.54, 1.807) is 0 Å². The van der Waals surface area contributed by atoms with E-state index in [1.165, 1.54) is 51.4 Å². The molecule has 0 amide bonds. The molecule has 0 aliphatic rings. The lowest BCUT2D eigenvalue weighted by atomic mass is 9.94. The number of carbonyl (C=O) groups excluding carboxylic acids is 2. The number of ketones is 1. The number of carboxylic acid groups (broad SMARTS) is 1. The first-order valence-electron chi connectivity index (χ1n) is 10.9. The maximum absolute atomic E-state index is 12.5. The van der Waals surface area contributed by atoms with Gasteiger partial charge in [-0.05, 0) is 45.2 Å². The number of benzene rings is 1. The normalized spacial score (nSPS) is 11.6. The van der Waals surface area contributed by atoms with Gasteiger partial charge in [0.25, 0.3) is 0 Å². The molecule has 0 fully saturated rings. The van der Waals surface area contributed by atoms with Gasteiger partial charge in [0.1, 0.15) is 5.69 Å². The van der Waals surface area contributed by atoms with Crippen LogP contribution >= 0.6 is 0 Å². The van der Waals surface area contributed by atoms with Crippen molar-refractivity contribution in [3.63, 3.8) is 0 Å². The number of carbonyl (C=O) groups is 2. The fourth-order valence-electron chi connectivity index (χ4n) is 3.61. The van der Waals surface area contributed by atoms with Crippen molar-refractivity contribution < 1.29 is 20.0 Å². The molecule has 28 heavy (non-hydrogen) atoms. The van der Waals surface area contributed by atoms with Gasteiger partial charge >= 0.3 is 0 Å². The average Bonchev–Trinajstić information content (AvgIpc) is 2.61. The number of nitrogens with two attached hydrogens (primary N) is 1. The molecular formula is C24H39NO3. The zero-order valence-electron chi connectivity index (χ0n) is 18.3. The van der Waals surface area contributed by atoms with Crippen LogP contribution in [-0.4, -0.2) is 17.3 Å². The molecule has 0 unspecified atom stereocenters. The summed E-state index contributed by atoms with van der Waals surface area (Å²) in [5, 5.41) is 12.9. The molecule has 0 aliphatic carbocycles. The summed E-state index contributed by atoms with van der Waals surface area (Å²) >= 11 is 0. The third kappa shape index (κ3) is 10.0. The van der Waals surface area contributed by atoms with E-state index < -0.39 is 5.97 Å². The Hall–Kier alpha value is -1.68. The molecular weight excluding hydrogens is 350 g/mol. The smallest absolute Gasteiger partial charge is 0.169 e. The summed E-state index contributed by atoms with van der Waals surface area (Å²) in [6.45, 7) is 8.69. The molecule has 1 aromatic carbocycles. The van der Waals surface area contributed by atoms with Crippen LogP contribution in [0.1, 0.15) is 107 Å². The highest BCUT2D eigenvalue weighted by Gasteiger charge is 2.25. The van der Waals surface area contributed by atoms with Gasteiger partial charge in [0.05, 0.1) is 11.1 Å². The molecule has 0 aromatic heterocycles. The molecule has 0 heterocycles. The van der Waals surface area contributed by atoms with Crippen molar-refractivity contribution in [1.29, 1.82) is 0 Å². The summed E-state index contributed by atoms with van der Waals surface area (Å²) < 4.78 is 0. The molecule has 4 heteroatoms. The van der Waals surface area contributed by atoms with E-state index in [4.69, 9.17) is 0 Å². The van der Waals surface area contributed by atoms with Crippen LogP contribution in [-0.2, 0) is 4.79 Å². The number of aryl methyl sites for hydroxylation is 1. The van der Waals surface area contributed by atoms with Crippen molar-refractivity contribution in [2.24, 2.45) is 0 Å². The van der Waals surface area contributed by atoms with Crippen molar-refractivity contribution >= 4 is 17.4 Å². The predicted octanol–water partition coefficient (Wildman–Crippen LogP) is 4.21. The summed E-state index contributed by atoms with van der Waals surface area (Å²) in [6.07, 6.45) is 11.3. The molecule has 0 atom stereocenters. The predicted molar refractivity (Wildman–Crippen MR) is 113 cm³/mol. The molecule has 1 aromatic rings. The fourth-order valence-corrected chi connectivity index (χ4v) is 3.61. The van der Waals surface area contributed by atoms with Gasteiger partial charge in [0.2, 0.25) is 0 Å². The molecule has 0 spiro atoms. The van der Waals surface area contributed by atoms with E-state index in [0.717, 1.165) is 17.7 Å². The lowest BCUT2D eigenvalue weighted by Crippen LogP contribution is -2.90. The summed E-state index contributed by atoms with van der Waals surface area (Å²) in [4.78, 5) is 23.1. The molecule has 0 radical (unpaired) electrons. The average molecular weight is 390 g/mol. The maximum Gasteiger partial charge on any atom is 0.169 e. The second-order valence-corrected chi connectivity index (χ2v) is 8.74. The first-order valence-corrected chi connectivity index (χ1v) is 10.9. The standard InChI is InChI=1S/C24H39NO3/c1-5-6-7-8-9-10-11-12-17-24(3,4)25-21-18-19(2)13-14-20(21)22(26)15-16-23(27)28/h13-14,18,25H,5-12,15-17H2,1-4H3,(H,27,28). The van der Waals surface area contributed by atoms with Gasteiger partial charge in [-0.3, -0.25) is 4.79 Å². The van der Waals surface area contributed by atoms with Crippen LogP contribution in [0.5, 0.6) is 0 Å². The zero-order valence-corrected chi connectivity index (χ0v) is 18.3. The number of rotatable bonds is 15.